The van der Waals surface area contributed by atoms with Gasteiger partial charge in [0, 0.05) is 24.1 Å². The molecule has 1 aliphatic rings. The average Bonchev–Trinajstić information content (AvgIpc) is 3.27. The monoisotopic (exact) mass is 452 g/mol. The lowest BCUT2D eigenvalue weighted by atomic mass is 10.0. The number of aromatic nitrogens is 2. The Morgan fingerprint density at radius 2 is 2.12 bits per heavy atom. The quantitative estimate of drug-likeness (QED) is 0.496. The second-order valence-electron chi connectivity index (χ2n) is 7.28. The van der Waals surface area contributed by atoms with Gasteiger partial charge >= 0.3 is 5.97 Å². The standard InChI is InChI=1S/C23H21FN4O3S/c1-28-11-9-16(10-12-28)22-25-21(26-31-22)18-8-7-15(13-19(18)24)14-20(23(29)30)27-32-17-5-3-2-4-6-17/h2-11,13,20,27H,12,14H2,1H3,(H,29,30). The molecule has 0 radical (unpaired) electrons. The Bertz CT molecular complexity index is 1160. The third kappa shape index (κ3) is 5.24. The Morgan fingerprint density at radius 3 is 2.81 bits per heavy atom. The number of likely N-dealkylation sites (N-methyl/N-ethyl adjacent to an activating group) is 1. The molecule has 7 nitrogen and oxygen atoms in total. The molecule has 1 aliphatic heterocycles. The molecule has 4 rings (SSSR count). The molecule has 1 atom stereocenters. The fourth-order valence-electron chi connectivity index (χ4n) is 3.10. The molecule has 0 aliphatic carbocycles. The van der Waals surface area contributed by atoms with E-state index in [1.54, 1.807) is 12.1 Å². The number of benzene rings is 2. The van der Waals surface area contributed by atoms with Crippen molar-refractivity contribution >= 4 is 23.5 Å². The molecular weight excluding hydrogens is 431 g/mol. The molecule has 1 unspecified atom stereocenters. The van der Waals surface area contributed by atoms with Gasteiger partial charge in [0.1, 0.15) is 11.9 Å². The summed E-state index contributed by atoms with van der Waals surface area (Å²) in [6.45, 7) is 0.716. The summed E-state index contributed by atoms with van der Waals surface area (Å²) >= 11 is 1.23. The number of nitrogens with one attached hydrogen (secondary N) is 1. The van der Waals surface area contributed by atoms with Gasteiger partial charge in [-0.25, -0.2) is 9.11 Å². The first-order chi connectivity index (χ1) is 15.5. The van der Waals surface area contributed by atoms with Gasteiger partial charge in [0.05, 0.1) is 5.56 Å². The molecule has 2 aromatic carbocycles. The Kier molecular flexibility index (Phi) is 6.67. The predicted molar refractivity (Wildman–Crippen MR) is 120 cm³/mol. The second-order valence-corrected chi connectivity index (χ2v) is 8.19. The summed E-state index contributed by atoms with van der Waals surface area (Å²) in [7, 11) is 1.95. The predicted octanol–water partition coefficient (Wildman–Crippen LogP) is 4.01. The smallest absolute Gasteiger partial charge is 0.321 e. The first kappa shape index (κ1) is 21.8. The lowest BCUT2D eigenvalue weighted by molar-refractivity contribution is -0.138. The molecule has 3 aromatic rings. The van der Waals surface area contributed by atoms with Gasteiger partial charge in [0.15, 0.2) is 0 Å². The highest BCUT2D eigenvalue weighted by molar-refractivity contribution is 7.97. The summed E-state index contributed by atoms with van der Waals surface area (Å²) in [5.41, 5.74) is 1.52. The van der Waals surface area contributed by atoms with Gasteiger partial charge < -0.3 is 14.5 Å². The van der Waals surface area contributed by atoms with Gasteiger partial charge in [-0.15, -0.1) is 0 Å². The normalized spacial score (nSPS) is 14.3. The highest BCUT2D eigenvalue weighted by atomic mass is 32.2. The maximum Gasteiger partial charge on any atom is 0.321 e. The highest BCUT2D eigenvalue weighted by Crippen LogP contribution is 2.25. The summed E-state index contributed by atoms with van der Waals surface area (Å²) in [4.78, 5) is 18.9. The highest BCUT2D eigenvalue weighted by Gasteiger charge is 2.20. The summed E-state index contributed by atoms with van der Waals surface area (Å²) in [6, 6.07) is 13.0. The Labute approximate surface area is 188 Å². The molecule has 2 N–H and O–H groups in total. The van der Waals surface area contributed by atoms with Crippen molar-refractivity contribution in [1.29, 1.82) is 0 Å². The van der Waals surface area contributed by atoms with E-state index in [2.05, 4.69) is 14.9 Å². The van der Waals surface area contributed by atoms with Gasteiger partial charge in [0.25, 0.3) is 5.89 Å². The van der Waals surface area contributed by atoms with Gasteiger partial charge in [-0.05, 0) is 60.5 Å². The molecule has 2 heterocycles. The molecule has 0 saturated carbocycles. The Hall–Kier alpha value is -3.43. The van der Waals surface area contributed by atoms with Crippen LogP contribution < -0.4 is 4.72 Å². The summed E-state index contributed by atoms with van der Waals surface area (Å²) in [5.74, 6) is -1.09. The van der Waals surface area contributed by atoms with Gasteiger partial charge in [-0.1, -0.05) is 35.5 Å². The van der Waals surface area contributed by atoms with Crippen LogP contribution in [0.2, 0.25) is 0 Å². The number of carbonyl (C=O) groups is 1. The topological polar surface area (TPSA) is 91.5 Å². The van der Waals surface area contributed by atoms with Crippen molar-refractivity contribution in [2.24, 2.45) is 0 Å². The van der Waals surface area contributed by atoms with E-state index in [0.29, 0.717) is 18.0 Å². The molecule has 0 saturated heterocycles. The fourth-order valence-corrected chi connectivity index (χ4v) is 3.85. The molecule has 9 heteroatoms. The summed E-state index contributed by atoms with van der Waals surface area (Å²) in [5, 5.41) is 13.4. The van der Waals surface area contributed by atoms with E-state index in [1.165, 1.54) is 18.0 Å². The van der Waals surface area contributed by atoms with Crippen LogP contribution in [0.4, 0.5) is 4.39 Å². The number of halogens is 1. The van der Waals surface area contributed by atoms with Crippen molar-refractivity contribution in [2.75, 3.05) is 13.6 Å². The van der Waals surface area contributed by atoms with E-state index in [-0.39, 0.29) is 17.8 Å². The molecule has 0 spiro atoms. The van der Waals surface area contributed by atoms with Crippen molar-refractivity contribution < 1.29 is 18.8 Å². The number of carboxylic acid groups (broad SMARTS) is 1. The van der Waals surface area contributed by atoms with E-state index in [0.717, 1.165) is 10.5 Å². The van der Waals surface area contributed by atoms with Gasteiger partial charge in [0.2, 0.25) is 5.82 Å². The fraction of sp³-hybridized carbons (Fsp3) is 0.174. The number of hydrogen-bond donors (Lipinski definition) is 2. The van der Waals surface area contributed by atoms with Crippen molar-refractivity contribution in [1.82, 2.24) is 19.8 Å². The maximum atomic E-state index is 14.8. The van der Waals surface area contributed by atoms with Crippen molar-refractivity contribution in [3.8, 4) is 11.4 Å². The average molecular weight is 453 g/mol. The SMILES string of the molecule is CN1C=CC(c2nc(-c3ccc(CC(NSc4ccccc4)C(=O)O)cc3F)no2)=CC1. The minimum atomic E-state index is -1.01. The van der Waals surface area contributed by atoms with Crippen LogP contribution in [0.5, 0.6) is 0 Å². The minimum Gasteiger partial charge on any atom is -0.480 e. The molecular formula is C23H21FN4O3S. The first-order valence-electron chi connectivity index (χ1n) is 9.91. The third-order valence-corrected chi connectivity index (χ3v) is 5.77. The van der Waals surface area contributed by atoms with E-state index < -0.39 is 17.8 Å². The molecule has 0 fully saturated rings. The van der Waals surface area contributed by atoms with Crippen molar-refractivity contribution in [3.05, 3.63) is 84.2 Å². The largest absolute Gasteiger partial charge is 0.480 e. The summed E-state index contributed by atoms with van der Waals surface area (Å²) < 4.78 is 23.0. The second kappa shape index (κ2) is 9.80. The van der Waals surface area contributed by atoms with Gasteiger partial charge in [-0.2, -0.15) is 4.98 Å². The molecule has 1 aromatic heterocycles. The van der Waals surface area contributed by atoms with E-state index >= 15 is 0 Å². The first-order valence-corrected chi connectivity index (χ1v) is 10.7. The molecule has 32 heavy (non-hydrogen) atoms. The van der Waals surface area contributed by atoms with Crippen LogP contribution in [0.15, 0.2) is 76.3 Å². The van der Waals surface area contributed by atoms with Crippen LogP contribution in [0, 0.1) is 5.82 Å². The van der Waals surface area contributed by atoms with Crippen LogP contribution in [0.3, 0.4) is 0 Å². The zero-order valence-electron chi connectivity index (χ0n) is 17.2. The number of hydrogen-bond acceptors (Lipinski definition) is 7. The van der Waals surface area contributed by atoms with E-state index in [4.69, 9.17) is 4.52 Å². The van der Waals surface area contributed by atoms with Crippen LogP contribution in [0.1, 0.15) is 11.5 Å². The maximum absolute atomic E-state index is 14.8. The Balaban J connectivity index is 1.45. The van der Waals surface area contributed by atoms with Crippen LogP contribution in [-0.2, 0) is 11.2 Å². The zero-order chi connectivity index (χ0) is 22.5. The minimum absolute atomic E-state index is 0.120. The van der Waals surface area contributed by atoms with Crippen molar-refractivity contribution in [3.63, 3.8) is 0 Å². The molecule has 164 valence electrons. The molecule has 0 bridgehead atoms. The number of carboxylic acids is 1. The third-order valence-electron chi connectivity index (χ3n) is 4.86. The number of nitrogens with zero attached hydrogens (tertiary/aromatic N) is 3. The lowest BCUT2D eigenvalue weighted by Gasteiger charge is -2.15. The van der Waals surface area contributed by atoms with Crippen LogP contribution >= 0.6 is 11.9 Å². The zero-order valence-corrected chi connectivity index (χ0v) is 18.1. The number of aliphatic carboxylic acids is 1. The van der Waals surface area contributed by atoms with E-state index in [1.807, 2.05) is 60.6 Å². The molecule has 0 amide bonds. The number of allylic oxidation sites excluding steroid dienone is 2. The summed E-state index contributed by atoms with van der Waals surface area (Å²) in [6.07, 6.45) is 5.82. The van der Waals surface area contributed by atoms with Crippen molar-refractivity contribution in [2.45, 2.75) is 17.4 Å². The van der Waals surface area contributed by atoms with E-state index in [9.17, 15) is 14.3 Å². The van der Waals surface area contributed by atoms with Crippen LogP contribution in [0.25, 0.3) is 17.0 Å². The van der Waals surface area contributed by atoms with Gasteiger partial charge in [-0.3, -0.25) is 4.79 Å². The Morgan fingerprint density at radius 1 is 1.31 bits per heavy atom. The van der Waals surface area contributed by atoms with Crippen LogP contribution in [-0.4, -0.2) is 45.8 Å². The lowest BCUT2D eigenvalue weighted by Crippen LogP contribution is -2.34. The number of rotatable bonds is 8.